The second-order valence-corrected chi connectivity index (χ2v) is 15.5. The molecule has 208 valence electrons. The van der Waals surface area contributed by atoms with E-state index in [0.29, 0.717) is 5.92 Å². The van der Waals surface area contributed by atoms with Crippen molar-refractivity contribution in [2.45, 2.75) is 129 Å². The van der Waals surface area contributed by atoms with Gasteiger partial charge in [0.1, 0.15) is 0 Å². The molecule has 0 N–H and O–H groups in total. The molecule has 0 radical (unpaired) electrons. The average Bonchev–Trinajstić information content (AvgIpc) is 3.71. The van der Waals surface area contributed by atoms with Crippen molar-refractivity contribution in [3.05, 3.63) is 46.2 Å². The second-order valence-electron chi connectivity index (χ2n) is 11.1. The molecular weight excluding hydrogens is 537 g/mol. The molecule has 0 aliphatic rings. The maximum absolute atomic E-state index is 2.45. The highest BCUT2D eigenvalue weighted by molar-refractivity contribution is 7.33. The quantitative estimate of drug-likeness (QED) is 0.102. The molecule has 0 nitrogen and oxygen atoms in total. The summed E-state index contributed by atoms with van der Waals surface area (Å²) in [5.41, 5.74) is 0. The molecule has 0 aliphatic carbocycles. The van der Waals surface area contributed by atoms with Crippen molar-refractivity contribution in [1.82, 2.24) is 0 Å². The van der Waals surface area contributed by atoms with Crippen LogP contribution < -0.4 is 0 Å². The topological polar surface area (TPSA) is 0 Å². The van der Waals surface area contributed by atoms with E-state index in [1.54, 1.807) is 9.75 Å². The highest BCUT2D eigenvalue weighted by Crippen LogP contribution is 2.46. The largest absolute Gasteiger partial charge is 0.139 e. The van der Waals surface area contributed by atoms with Crippen LogP contribution in [0.15, 0.2) is 36.4 Å². The summed E-state index contributed by atoms with van der Waals surface area (Å²) in [4.78, 5) is 8.96. The third-order valence-electron chi connectivity index (χ3n) is 7.97. The lowest BCUT2D eigenvalue weighted by molar-refractivity contribution is 0.540. The van der Waals surface area contributed by atoms with E-state index >= 15 is 0 Å². The van der Waals surface area contributed by atoms with Crippen LogP contribution in [0, 0.1) is 0 Å². The summed E-state index contributed by atoms with van der Waals surface area (Å²) in [5.74, 6) is 1.42. The fourth-order valence-electron chi connectivity index (χ4n) is 5.45. The van der Waals surface area contributed by atoms with Gasteiger partial charge in [-0.1, -0.05) is 98.3 Å². The van der Waals surface area contributed by atoms with Gasteiger partial charge in [0.25, 0.3) is 0 Å². The molecule has 0 spiro atoms. The highest BCUT2D eigenvalue weighted by atomic mass is 32.1. The van der Waals surface area contributed by atoms with Gasteiger partial charge >= 0.3 is 0 Å². The van der Waals surface area contributed by atoms with Crippen LogP contribution in [0.5, 0.6) is 0 Å². The monoisotopic (exact) mass is 584 g/mol. The fourth-order valence-corrected chi connectivity index (χ4v) is 10.3. The Labute approximate surface area is 248 Å². The van der Waals surface area contributed by atoms with Gasteiger partial charge in [0.15, 0.2) is 0 Å². The molecule has 0 saturated heterocycles. The second kappa shape index (κ2) is 15.7. The van der Waals surface area contributed by atoms with Gasteiger partial charge in [0.05, 0.1) is 0 Å². The molecular formula is C34H48S4. The number of hydrogen-bond donors (Lipinski definition) is 0. The summed E-state index contributed by atoms with van der Waals surface area (Å²) < 4.78 is 2.90. The molecule has 0 amide bonds. The zero-order chi connectivity index (χ0) is 26.7. The van der Waals surface area contributed by atoms with E-state index in [2.05, 4.69) is 64.1 Å². The van der Waals surface area contributed by atoms with Crippen LogP contribution in [0.3, 0.4) is 0 Å². The Hall–Kier alpha value is -0.940. The molecule has 2 atom stereocenters. The maximum atomic E-state index is 2.45. The normalized spacial score (nSPS) is 13.5. The lowest BCUT2D eigenvalue weighted by Crippen LogP contribution is -1.94. The third-order valence-corrected chi connectivity index (χ3v) is 13.2. The van der Waals surface area contributed by atoms with Gasteiger partial charge in [0.2, 0.25) is 0 Å². The smallest absolute Gasteiger partial charge is 0.0464 e. The van der Waals surface area contributed by atoms with Gasteiger partial charge in [0, 0.05) is 38.7 Å². The molecule has 4 heterocycles. The summed E-state index contributed by atoms with van der Waals surface area (Å²) in [5, 5.41) is 0. The van der Waals surface area contributed by atoms with Crippen molar-refractivity contribution < 1.29 is 0 Å². The Morgan fingerprint density at radius 2 is 1.03 bits per heavy atom. The van der Waals surface area contributed by atoms with Crippen molar-refractivity contribution in [2.75, 3.05) is 0 Å². The standard InChI is InChI=1S/C34H48S4/c1-5-8-10-12-14-15-17-25(4)27-19-21-29(35-27)31-23-33-34(37-31)24-32(38-33)30-22-20-28(36-30)26(7-3)18-16-13-11-9-6-2/h19-26H,5-18H2,1-4H3. The van der Waals surface area contributed by atoms with E-state index in [1.165, 1.54) is 119 Å². The Kier molecular flexibility index (Phi) is 12.4. The lowest BCUT2D eigenvalue weighted by Gasteiger charge is -2.12. The number of thiophene rings is 4. The molecule has 0 fully saturated rings. The first-order chi connectivity index (χ1) is 18.6. The lowest BCUT2D eigenvalue weighted by atomic mass is 9.96. The van der Waals surface area contributed by atoms with E-state index in [0.717, 1.165) is 5.92 Å². The van der Waals surface area contributed by atoms with Crippen LogP contribution in [-0.2, 0) is 0 Å². The summed E-state index contributed by atoms with van der Waals surface area (Å²) in [6, 6.07) is 14.5. The Bertz CT molecular complexity index is 1170. The van der Waals surface area contributed by atoms with E-state index < -0.39 is 0 Å². The van der Waals surface area contributed by atoms with E-state index in [1.807, 2.05) is 45.3 Å². The minimum absolute atomic E-state index is 0.684. The molecule has 4 aromatic heterocycles. The van der Waals surface area contributed by atoms with E-state index in [4.69, 9.17) is 0 Å². The van der Waals surface area contributed by atoms with Crippen molar-refractivity contribution in [1.29, 1.82) is 0 Å². The molecule has 0 aliphatic heterocycles. The van der Waals surface area contributed by atoms with Gasteiger partial charge in [-0.15, -0.1) is 45.3 Å². The van der Waals surface area contributed by atoms with Crippen LogP contribution in [-0.4, -0.2) is 0 Å². The van der Waals surface area contributed by atoms with Crippen molar-refractivity contribution in [3.8, 4) is 19.5 Å². The minimum atomic E-state index is 0.684. The molecule has 38 heavy (non-hydrogen) atoms. The van der Waals surface area contributed by atoms with Crippen LogP contribution in [0.2, 0.25) is 0 Å². The SMILES string of the molecule is CCCCCCCCC(C)c1ccc(-c2cc3sc(-c4ccc(C(CC)CCCCCCC)s4)cc3s2)s1. The zero-order valence-corrected chi connectivity index (χ0v) is 27.4. The van der Waals surface area contributed by atoms with Crippen LogP contribution in [0.1, 0.15) is 139 Å². The zero-order valence-electron chi connectivity index (χ0n) is 24.2. The summed E-state index contributed by atoms with van der Waals surface area (Å²) >= 11 is 8.03. The summed E-state index contributed by atoms with van der Waals surface area (Å²) in [7, 11) is 0. The van der Waals surface area contributed by atoms with Crippen LogP contribution >= 0.6 is 45.3 Å². The molecule has 0 saturated carbocycles. The summed E-state index contributed by atoms with van der Waals surface area (Å²) in [6.45, 7) is 9.38. The summed E-state index contributed by atoms with van der Waals surface area (Å²) in [6.07, 6.45) is 19.2. The van der Waals surface area contributed by atoms with Crippen LogP contribution in [0.25, 0.3) is 28.9 Å². The maximum Gasteiger partial charge on any atom is 0.0464 e. The Morgan fingerprint density at radius 1 is 0.526 bits per heavy atom. The highest BCUT2D eigenvalue weighted by Gasteiger charge is 2.16. The van der Waals surface area contributed by atoms with Crippen molar-refractivity contribution in [3.63, 3.8) is 0 Å². The van der Waals surface area contributed by atoms with Crippen LogP contribution in [0.4, 0.5) is 0 Å². The van der Waals surface area contributed by atoms with Gasteiger partial charge in [-0.05, 0) is 67.5 Å². The molecule has 0 bridgehead atoms. The third kappa shape index (κ3) is 8.29. The average molecular weight is 585 g/mol. The van der Waals surface area contributed by atoms with E-state index in [-0.39, 0.29) is 0 Å². The number of hydrogen-bond acceptors (Lipinski definition) is 4. The van der Waals surface area contributed by atoms with Gasteiger partial charge in [-0.2, -0.15) is 0 Å². The number of fused-ring (bicyclic) bond motifs is 1. The minimum Gasteiger partial charge on any atom is -0.139 e. The Balaban J connectivity index is 1.34. The predicted molar refractivity (Wildman–Crippen MR) is 179 cm³/mol. The Morgan fingerprint density at radius 3 is 1.61 bits per heavy atom. The molecule has 0 aromatic carbocycles. The predicted octanol–water partition coefficient (Wildman–Crippen LogP) is 14.1. The fraction of sp³-hybridized carbons (Fsp3) is 0.588. The van der Waals surface area contributed by atoms with Crippen molar-refractivity contribution >= 4 is 54.7 Å². The van der Waals surface area contributed by atoms with Gasteiger partial charge in [-0.3, -0.25) is 0 Å². The molecule has 2 unspecified atom stereocenters. The molecule has 4 heteroatoms. The number of rotatable bonds is 18. The van der Waals surface area contributed by atoms with Gasteiger partial charge in [-0.25, -0.2) is 0 Å². The first-order valence-corrected chi connectivity index (χ1v) is 18.6. The first kappa shape index (κ1) is 30.0. The molecule has 4 rings (SSSR count). The van der Waals surface area contributed by atoms with Crippen molar-refractivity contribution in [2.24, 2.45) is 0 Å². The van der Waals surface area contributed by atoms with Gasteiger partial charge < -0.3 is 0 Å². The first-order valence-electron chi connectivity index (χ1n) is 15.4. The number of unbranched alkanes of at least 4 members (excludes halogenated alkanes) is 9. The van der Waals surface area contributed by atoms with E-state index in [9.17, 15) is 0 Å². The molecule has 4 aromatic rings.